The Balaban J connectivity index is 1.63. The Kier molecular flexibility index (Phi) is 6.30. The van der Waals surface area contributed by atoms with Crippen molar-refractivity contribution in [1.82, 2.24) is 0 Å². The largest absolute Gasteiger partial charge is 0.465 e. The first-order valence-corrected chi connectivity index (χ1v) is 8.11. The highest BCUT2D eigenvalue weighted by Crippen LogP contribution is 2.31. The number of esters is 1. The first-order valence-electron chi connectivity index (χ1n) is 8.11. The molecule has 0 heterocycles. The summed E-state index contributed by atoms with van der Waals surface area (Å²) in [5.74, 6) is 1.33. The van der Waals surface area contributed by atoms with Crippen molar-refractivity contribution in [3.63, 3.8) is 0 Å². The average molecular weight is 284 g/mol. The normalized spacial score (nSPS) is 34.7. The van der Waals surface area contributed by atoms with E-state index in [0.717, 1.165) is 51.4 Å². The summed E-state index contributed by atoms with van der Waals surface area (Å²) in [5.41, 5.74) is 0. The van der Waals surface area contributed by atoms with E-state index < -0.39 is 0 Å². The lowest BCUT2D eigenvalue weighted by Gasteiger charge is -2.29. The molecule has 0 radical (unpaired) electrons. The van der Waals surface area contributed by atoms with Gasteiger partial charge < -0.3 is 14.9 Å². The molecule has 0 unspecified atom stereocenters. The Morgan fingerprint density at radius 2 is 1.25 bits per heavy atom. The number of rotatable bonds is 5. The van der Waals surface area contributed by atoms with Crippen molar-refractivity contribution in [2.45, 2.75) is 51.4 Å². The number of ether oxygens (including phenoxy) is 1. The molecule has 0 saturated heterocycles. The second-order valence-electron chi connectivity index (χ2n) is 6.60. The van der Waals surface area contributed by atoms with E-state index in [1.54, 1.807) is 0 Å². The third-order valence-electron chi connectivity index (χ3n) is 5.12. The number of hydrogen-bond acceptors (Lipinski definition) is 4. The topological polar surface area (TPSA) is 66.8 Å². The molecule has 2 saturated carbocycles. The predicted molar refractivity (Wildman–Crippen MR) is 76.0 cm³/mol. The summed E-state index contributed by atoms with van der Waals surface area (Å²) >= 11 is 0. The number of aliphatic hydroxyl groups is 2. The van der Waals surface area contributed by atoms with Crippen LogP contribution < -0.4 is 0 Å². The quantitative estimate of drug-likeness (QED) is 0.759. The minimum Gasteiger partial charge on any atom is -0.465 e. The van der Waals surface area contributed by atoms with Gasteiger partial charge in [0.2, 0.25) is 0 Å². The second kappa shape index (κ2) is 7.99. The molecule has 0 aromatic heterocycles. The van der Waals surface area contributed by atoms with Gasteiger partial charge in [0.25, 0.3) is 0 Å². The van der Waals surface area contributed by atoms with Crippen LogP contribution in [0.4, 0.5) is 0 Å². The maximum absolute atomic E-state index is 12.0. The molecular formula is C16H28O4. The maximum atomic E-state index is 12.0. The Hall–Kier alpha value is -0.610. The lowest BCUT2D eigenvalue weighted by molar-refractivity contribution is -0.152. The van der Waals surface area contributed by atoms with E-state index in [4.69, 9.17) is 14.9 Å². The molecular weight excluding hydrogens is 256 g/mol. The van der Waals surface area contributed by atoms with Gasteiger partial charge in [0.1, 0.15) is 0 Å². The van der Waals surface area contributed by atoms with Crippen LogP contribution in [0.15, 0.2) is 0 Å². The summed E-state index contributed by atoms with van der Waals surface area (Å²) in [5, 5.41) is 18.2. The lowest BCUT2D eigenvalue weighted by atomic mass is 9.82. The summed E-state index contributed by atoms with van der Waals surface area (Å²) in [4.78, 5) is 12.0. The first kappa shape index (κ1) is 15.8. The minimum absolute atomic E-state index is 0.0364. The van der Waals surface area contributed by atoms with Crippen LogP contribution in [-0.2, 0) is 9.53 Å². The summed E-state index contributed by atoms with van der Waals surface area (Å²) in [6, 6.07) is 0. The Morgan fingerprint density at radius 3 is 1.75 bits per heavy atom. The van der Waals surface area contributed by atoms with Crippen LogP contribution >= 0.6 is 0 Å². The highest BCUT2D eigenvalue weighted by Gasteiger charge is 2.28. The van der Waals surface area contributed by atoms with Crippen molar-refractivity contribution in [2.24, 2.45) is 23.7 Å². The fourth-order valence-electron chi connectivity index (χ4n) is 3.48. The van der Waals surface area contributed by atoms with E-state index in [9.17, 15) is 4.79 Å². The van der Waals surface area contributed by atoms with Crippen molar-refractivity contribution in [3.05, 3.63) is 0 Å². The molecule has 0 spiro atoms. The SMILES string of the molecule is O=C(OCC1CCC(CO)CC1)C1CCC(CO)CC1. The van der Waals surface area contributed by atoms with Crippen molar-refractivity contribution in [3.8, 4) is 0 Å². The number of carbonyl (C=O) groups excluding carboxylic acids is 1. The van der Waals surface area contributed by atoms with Crippen molar-refractivity contribution < 1.29 is 19.7 Å². The smallest absolute Gasteiger partial charge is 0.308 e. The Bertz CT molecular complexity index is 289. The van der Waals surface area contributed by atoms with Gasteiger partial charge in [-0.25, -0.2) is 0 Å². The van der Waals surface area contributed by atoms with Gasteiger partial charge in [-0.3, -0.25) is 4.79 Å². The van der Waals surface area contributed by atoms with Crippen molar-refractivity contribution >= 4 is 5.97 Å². The van der Waals surface area contributed by atoms with E-state index in [0.29, 0.717) is 31.0 Å². The van der Waals surface area contributed by atoms with Crippen molar-refractivity contribution in [2.75, 3.05) is 19.8 Å². The molecule has 4 nitrogen and oxygen atoms in total. The molecule has 0 amide bonds. The van der Waals surface area contributed by atoms with E-state index in [2.05, 4.69) is 0 Å². The molecule has 2 aliphatic carbocycles. The molecule has 20 heavy (non-hydrogen) atoms. The molecule has 0 aromatic rings. The van der Waals surface area contributed by atoms with Gasteiger partial charge in [-0.1, -0.05) is 0 Å². The molecule has 0 bridgehead atoms. The summed E-state index contributed by atoms with van der Waals surface area (Å²) in [7, 11) is 0. The van der Waals surface area contributed by atoms with Gasteiger partial charge in [-0.2, -0.15) is 0 Å². The molecule has 4 heteroatoms. The van der Waals surface area contributed by atoms with Gasteiger partial charge >= 0.3 is 5.97 Å². The van der Waals surface area contributed by atoms with Crippen molar-refractivity contribution in [1.29, 1.82) is 0 Å². The Morgan fingerprint density at radius 1 is 0.800 bits per heavy atom. The molecule has 0 atom stereocenters. The molecule has 0 aliphatic heterocycles. The van der Waals surface area contributed by atoms with Gasteiger partial charge in [-0.05, 0) is 69.1 Å². The zero-order valence-electron chi connectivity index (χ0n) is 12.3. The van der Waals surface area contributed by atoms with Crippen LogP contribution in [0.5, 0.6) is 0 Å². The zero-order valence-corrected chi connectivity index (χ0v) is 12.3. The number of aliphatic hydroxyl groups excluding tert-OH is 2. The third-order valence-corrected chi connectivity index (χ3v) is 5.12. The van der Waals surface area contributed by atoms with E-state index in [1.807, 2.05) is 0 Å². The van der Waals surface area contributed by atoms with Crippen LogP contribution in [-0.4, -0.2) is 36.0 Å². The molecule has 2 N–H and O–H groups in total. The monoisotopic (exact) mass is 284 g/mol. The minimum atomic E-state index is -0.0364. The van der Waals surface area contributed by atoms with Crippen LogP contribution in [0.25, 0.3) is 0 Å². The molecule has 2 aliphatic rings. The highest BCUT2D eigenvalue weighted by molar-refractivity contribution is 5.72. The fourth-order valence-corrected chi connectivity index (χ4v) is 3.48. The molecule has 116 valence electrons. The number of hydrogen-bond donors (Lipinski definition) is 2. The lowest BCUT2D eigenvalue weighted by Crippen LogP contribution is -2.27. The van der Waals surface area contributed by atoms with E-state index in [1.165, 1.54) is 0 Å². The zero-order chi connectivity index (χ0) is 14.4. The van der Waals surface area contributed by atoms with E-state index >= 15 is 0 Å². The summed E-state index contributed by atoms with van der Waals surface area (Å²) in [6.45, 7) is 1.09. The fraction of sp³-hybridized carbons (Fsp3) is 0.938. The molecule has 2 rings (SSSR count). The Labute approximate surface area is 121 Å². The molecule has 2 fully saturated rings. The summed E-state index contributed by atoms with van der Waals surface area (Å²) in [6.07, 6.45) is 7.85. The third kappa shape index (κ3) is 4.45. The maximum Gasteiger partial charge on any atom is 0.308 e. The van der Waals surface area contributed by atoms with Gasteiger partial charge in [0.15, 0.2) is 0 Å². The van der Waals surface area contributed by atoms with Crippen LogP contribution in [0.2, 0.25) is 0 Å². The van der Waals surface area contributed by atoms with Gasteiger partial charge in [0.05, 0.1) is 12.5 Å². The van der Waals surface area contributed by atoms with Crippen LogP contribution in [0.3, 0.4) is 0 Å². The van der Waals surface area contributed by atoms with Crippen LogP contribution in [0, 0.1) is 23.7 Å². The standard InChI is InChI=1S/C16H28O4/c17-9-12-1-3-14(4-2-12)11-20-16(19)15-7-5-13(10-18)6-8-15/h12-15,17-18H,1-11H2. The predicted octanol–water partition coefficient (Wildman–Crippen LogP) is 2.13. The second-order valence-corrected chi connectivity index (χ2v) is 6.60. The van der Waals surface area contributed by atoms with E-state index in [-0.39, 0.29) is 18.5 Å². The molecule has 0 aromatic carbocycles. The number of carbonyl (C=O) groups is 1. The first-order chi connectivity index (χ1) is 9.72. The highest BCUT2D eigenvalue weighted by atomic mass is 16.5. The average Bonchev–Trinajstić information content (AvgIpc) is 2.53. The van der Waals surface area contributed by atoms with Gasteiger partial charge in [-0.15, -0.1) is 0 Å². The van der Waals surface area contributed by atoms with Gasteiger partial charge in [0, 0.05) is 13.2 Å². The van der Waals surface area contributed by atoms with Crippen LogP contribution in [0.1, 0.15) is 51.4 Å². The summed E-state index contributed by atoms with van der Waals surface area (Å²) < 4.78 is 5.49.